The van der Waals surface area contributed by atoms with Crippen LogP contribution in [0.25, 0.3) is 0 Å². The number of aromatic nitrogens is 2. The Morgan fingerprint density at radius 2 is 1.92 bits per heavy atom. The van der Waals surface area contributed by atoms with E-state index in [2.05, 4.69) is 39.7 Å². The highest BCUT2D eigenvalue weighted by Crippen LogP contribution is 2.29. The molecule has 0 unspecified atom stereocenters. The summed E-state index contributed by atoms with van der Waals surface area (Å²) in [6.45, 7) is 10.3. The molecular weight excluding hydrogens is 164 g/mol. The highest BCUT2D eigenvalue weighted by molar-refractivity contribution is 5.27. The van der Waals surface area contributed by atoms with Crippen LogP contribution >= 0.6 is 0 Å². The molecule has 1 aromatic heterocycles. The zero-order valence-electron chi connectivity index (χ0n) is 9.00. The number of hydrogen-bond donors (Lipinski definition) is 1. The normalized spacial score (nSPS) is 12.5. The Balaban J connectivity index is 3.23. The van der Waals surface area contributed by atoms with Crippen LogP contribution in [0.15, 0.2) is 6.20 Å². The zero-order valence-corrected chi connectivity index (χ0v) is 9.00. The van der Waals surface area contributed by atoms with Crippen LogP contribution in [0.1, 0.15) is 46.2 Å². The molecule has 0 amide bonds. The summed E-state index contributed by atoms with van der Waals surface area (Å²) in [7, 11) is 0. The minimum absolute atomic E-state index is 0.0689. The molecule has 0 atom stereocenters. The van der Waals surface area contributed by atoms with Crippen LogP contribution in [0.2, 0.25) is 0 Å². The molecule has 1 N–H and O–H groups in total. The second-order valence-electron chi connectivity index (χ2n) is 4.65. The molecule has 0 spiro atoms. The second-order valence-corrected chi connectivity index (χ2v) is 4.65. The first-order valence-electron chi connectivity index (χ1n) is 4.61. The van der Waals surface area contributed by atoms with Gasteiger partial charge >= 0.3 is 0 Å². The van der Waals surface area contributed by atoms with Crippen molar-refractivity contribution in [3.63, 3.8) is 0 Å². The molecule has 0 bridgehead atoms. The van der Waals surface area contributed by atoms with E-state index in [-0.39, 0.29) is 5.54 Å². The lowest BCUT2D eigenvalue weighted by Gasteiger charge is -2.23. The van der Waals surface area contributed by atoms with E-state index in [9.17, 15) is 5.11 Å². The van der Waals surface area contributed by atoms with Gasteiger partial charge in [0.15, 0.2) is 5.75 Å². The molecule has 3 nitrogen and oxygen atoms in total. The van der Waals surface area contributed by atoms with E-state index >= 15 is 0 Å². The van der Waals surface area contributed by atoms with Gasteiger partial charge in [0.2, 0.25) is 0 Å². The van der Waals surface area contributed by atoms with Gasteiger partial charge in [0.05, 0.1) is 17.4 Å². The first-order valence-corrected chi connectivity index (χ1v) is 4.61. The lowest BCUT2D eigenvalue weighted by atomic mass is 10.1. The third-order valence-corrected chi connectivity index (χ3v) is 1.97. The summed E-state index contributed by atoms with van der Waals surface area (Å²) in [6, 6.07) is 0. The van der Waals surface area contributed by atoms with E-state index < -0.39 is 0 Å². The van der Waals surface area contributed by atoms with Crippen molar-refractivity contribution < 1.29 is 5.11 Å². The SMILES string of the molecule is CC(C)c1c(O)cnn1C(C)(C)C. The minimum Gasteiger partial charge on any atom is -0.504 e. The van der Waals surface area contributed by atoms with Gasteiger partial charge in [0, 0.05) is 0 Å². The van der Waals surface area contributed by atoms with Gasteiger partial charge in [-0.05, 0) is 26.7 Å². The Bertz CT molecular complexity index is 294. The largest absolute Gasteiger partial charge is 0.504 e. The summed E-state index contributed by atoms with van der Waals surface area (Å²) in [5, 5.41) is 13.8. The van der Waals surface area contributed by atoms with Crippen molar-refractivity contribution in [2.45, 2.75) is 46.1 Å². The standard InChI is InChI=1S/C10H18N2O/c1-7(2)9-8(13)6-11-12(9)10(3,4)5/h6-7,13H,1-5H3. The highest BCUT2D eigenvalue weighted by Gasteiger charge is 2.22. The molecule has 1 heterocycles. The van der Waals surface area contributed by atoms with E-state index in [1.807, 2.05) is 4.68 Å². The summed E-state index contributed by atoms with van der Waals surface area (Å²) in [6.07, 6.45) is 1.51. The number of rotatable bonds is 1. The van der Waals surface area contributed by atoms with Gasteiger partial charge in [-0.3, -0.25) is 4.68 Å². The third kappa shape index (κ3) is 1.85. The van der Waals surface area contributed by atoms with Gasteiger partial charge in [-0.1, -0.05) is 13.8 Å². The van der Waals surface area contributed by atoms with Gasteiger partial charge in [0.25, 0.3) is 0 Å². The quantitative estimate of drug-likeness (QED) is 0.724. The summed E-state index contributed by atoms with van der Waals surface area (Å²) in [5.74, 6) is 0.589. The van der Waals surface area contributed by atoms with Crippen LogP contribution in [0, 0.1) is 0 Å². The van der Waals surface area contributed by atoms with E-state index in [0.29, 0.717) is 11.7 Å². The molecule has 0 saturated carbocycles. The van der Waals surface area contributed by atoms with Crippen molar-refractivity contribution in [1.82, 2.24) is 9.78 Å². The molecule has 0 aromatic carbocycles. The molecular formula is C10H18N2O. The van der Waals surface area contributed by atoms with E-state index in [4.69, 9.17) is 0 Å². The fourth-order valence-electron chi connectivity index (χ4n) is 1.42. The van der Waals surface area contributed by atoms with Crippen molar-refractivity contribution in [1.29, 1.82) is 0 Å². The van der Waals surface area contributed by atoms with Gasteiger partial charge < -0.3 is 5.11 Å². The molecule has 1 aromatic rings. The summed E-state index contributed by atoms with van der Waals surface area (Å²) in [5.41, 5.74) is 0.841. The van der Waals surface area contributed by atoms with Crippen molar-refractivity contribution in [3.05, 3.63) is 11.9 Å². The van der Waals surface area contributed by atoms with E-state index in [1.165, 1.54) is 6.20 Å². The monoisotopic (exact) mass is 182 g/mol. The van der Waals surface area contributed by atoms with Crippen molar-refractivity contribution in [2.75, 3.05) is 0 Å². The van der Waals surface area contributed by atoms with Crippen molar-refractivity contribution in [2.24, 2.45) is 0 Å². The van der Waals surface area contributed by atoms with Crippen LogP contribution < -0.4 is 0 Å². The fourth-order valence-corrected chi connectivity index (χ4v) is 1.42. The predicted molar refractivity (Wildman–Crippen MR) is 53.0 cm³/mol. The van der Waals surface area contributed by atoms with Crippen LogP contribution in [0.4, 0.5) is 0 Å². The lowest BCUT2D eigenvalue weighted by Crippen LogP contribution is -2.25. The van der Waals surface area contributed by atoms with Crippen LogP contribution in [-0.4, -0.2) is 14.9 Å². The maximum atomic E-state index is 9.58. The van der Waals surface area contributed by atoms with Gasteiger partial charge in [-0.2, -0.15) is 5.10 Å². The Morgan fingerprint density at radius 3 is 2.23 bits per heavy atom. The molecule has 1 rings (SSSR count). The molecule has 0 aliphatic rings. The van der Waals surface area contributed by atoms with Crippen LogP contribution in [-0.2, 0) is 5.54 Å². The third-order valence-electron chi connectivity index (χ3n) is 1.97. The second kappa shape index (κ2) is 3.05. The van der Waals surface area contributed by atoms with E-state index in [0.717, 1.165) is 5.69 Å². The fraction of sp³-hybridized carbons (Fsp3) is 0.700. The first kappa shape index (κ1) is 10.1. The Labute approximate surface area is 79.4 Å². The summed E-state index contributed by atoms with van der Waals surface area (Å²) in [4.78, 5) is 0. The van der Waals surface area contributed by atoms with Crippen LogP contribution in [0.5, 0.6) is 5.75 Å². The minimum atomic E-state index is -0.0689. The lowest BCUT2D eigenvalue weighted by molar-refractivity contribution is 0.334. The highest BCUT2D eigenvalue weighted by atomic mass is 16.3. The molecule has 13 heavy (non-hydrogen) atoms. The molecule has 74 valence electrons. The van der Waals surface area contributed by atoms with Gasteiger partial charge in [-0.25, -0.2) is 0 Å². The molecule has 0 aliphatic carbocycles. The van der Waals surface area contributed by atoms with Crippen molar-refractivity contribution >= 4 is 0 Å². The number of nitrogens with zero attached hydrogens (tertiary/aromatic N) is 2. The van der Waals surface area contributed by atoms with E-state index in [1.54, 1.807) is 0 Å². The predicted octanol–water partition coefficient (Wildman–Crippen LogP) is 2.47. The Kier molecular flexibility index (Phi) is 2.37. The molecule has 0 saturated heterocycles. The first-order chi connectivity index (χ1) is 5.84. The number of aromatic hydroxyl groups is 1. The Morgan fingerprint density at radius 1 is 1.38 bits per heavy atom. The smallest absolute Gasteiger partial charge is 0.157 e. The van der Waals surface area contributed by atoms with Crippen molar-refractivity contribution in [3.8, 4) is 5.75 Å². The molecule has 0 aliphatic heterocycles. The Hall–Kier alpha value is -0.990. The average molecular weight is 182 g/mol. The maximum Gasteiger partial charge on any atom is 0.157 e. The summed E-state index contributed by atoms with van der Waals surface area (Å²) >= 11 is 0. The average Bonchev–Trinajstić information content (AvgIpc) is 2.28. The number of hydrogen-bond acceptors (Lipinski definition) is 2. The summed E-state index contributed by atoms with van der Waals surface area (Å²) < 4.78 is 1.88. The zero-order chi connectivity index (χ0) is 10.2. The maximum absolute atomic E-state index is 9.58. The van der Waals surface area contributed by atoms with Gasteiger partial charge in [0.1, 0.15) is 0 Å². The molecule has 0 fully saturated rings. The van der Waals surface area contributed by atoms with Gasteiger partial charge in [-0.15, -0.1) is 0 Å². The molecule has 3 heteroatoms. The topological polar surface area (TPSA) is 38.1 Å². The molecule has 0 radical (unpaired) electrons. The van der Waals surface area contributed by atoms with Crippen LogP contribution in [0.3, 0.4) is 0 Å².